The van der Waals surface area contributed by atoms with Crippen LogP contribution in [0.2, 0.25) is 0 Å². The Morgan fingerprint density at radius 1 is 0.921 bits per heavy atom. The molecule has 1 amide bonds. The molecule has 38 heavy (non-hydrogen) atoms. The molecule has 0 radical (unpaired) electrons. The third-order valence-corrected chi connectivity index (χ3v) is 6.66. The molecular formula is C31H27NO6. The summed E-state index contributed by atoms with van der Waals surface area (Å²) < 4.78 is 11.2. The molecule has 4 aromatic rings. The van der Waals surface area contributed by atoms with E-state index >= 15 is 0 Å². The average Bonchev–Trinajstić information content (AvgIpc) is 3.19. The fraction of sp³-hybridized carbons (Fsp3) is 0.161. The number of carbonyl (C=O) groups is 2. The lowest BCUT2D eigenvalue weighted by atomic mass is 9.94. The molecule has 4 aromatic carbocycles. The molecule has 1 fully saturated rings. The molecule has 0 bridgehead atoms. The fourth-order valence-corrected chi connectivity index (χ4v) is 4.85. The Hall–Kier alpha value is -4.78. The van der Waals surface area contributed by atoms with Gasteiger partial charge in [-0.2, -0.15) is 0 Å². The molecule has 2 N–H and O–H groups in total. The summed E-state index contributed by atoms with van der Waals surface area (Å²) in [6, 6.07) is 21.9. The smallest absolute Gasteiger partial charge is 0.300 e. The summed E-state index contributed by atoms with van der Waals surface area (Å²) >= 11 is 0. The minimum Gasteiger partial charge on any atom is -0.507 e. The number of anilines is 1. The number of benzene rings is 4. The van der Waals surface area contributed by atoms with E-state index < -0.39 is 17.7 Å². The minimum atomic E-state index is -1.03. The molecule has 0 saturated carbocycles. The zero-order chi connectivity index (χ0) is 27.0. The number of aryl methyl sites for hydroxylation is 1. The van der Waals surface area contributed by atoms with Gasteiger partial charge in [0, 0.05) is 5.56 Å². The van der Waals surface area contributed by atoms with Crippen molar-refractivity contribution >= 4 is 33.9 Å². The Morgan fingerprint density at radius 2 is 1.68 bits per heavy atom. The van der Waals surface area contributed by atoms with Crippen LogP contribution in [0.5, 0.6) is 17.2 Å². The van der Waals surface area contributed by atoms with Crippen LogP contribution in [0.1, 0.15) is 29.7 Å². The summed E-state index contributed by atoms with van der Waals surface area (Å²) in [5, 5.41) is 24.1. The van der Waals surface area contributed by atoms with Gasteiger partial charge in [0.15, 0.2) is 11.5 Å². The summed E-state index contributed by atoms with van der Waals surface area (Å²) in [5.74, 6) is -1.26. The number of aliphatic hydroxyl groups excluding tert-OH is 1. The lowest BCUT2D eigenvalue weighted by Gasteiger charge is -2.27. The fourth-order valence-electron chi connectivity index (χ4n) is 4.85. The van der Waals surface area contributed by atoms with Crippen molar-refractivity contribution < 1.29 is 29.3 Å². The van der Waals surface area contributed by atoms with Gasteiger partial charge in [-0.3, -0.25) is 14.5 Å². The minimum absolute atomic E-state index is 0.0844. The first kappa shape index (κ1) is 24.9. The quantitative estimate of drug-likeness (QED) is 0.191. The second kappa shape index (κ2) is 9.94. The molecule has 1 unspecified atom stereocenters. The van der Waals surface area contributed by atoms with Gasteiger partial charge in [0.05, 0.1) is 31.0 Å². The first-order valence-electron chi connectivity index (χ1n) is 12.2. The van der Waals surface area contributed by atoms with E-state index in [4.69, 9.17) is 9.47 Å². The van der Waals surface area contributed by atoms with E-state index in [2.05, 4.69) is 0 Å². The highest BCUT2D eigenvalue weighted by molar-refractivity contribution is 6.52. The molecule has 7 heteroatoms. The first-order valence-corrected chi connectivity index (χ1v) is 12.2. The molecule has 0 aliphatic carbocycles. The zero-order valence-electron chi connectivity index (χ0n) is 21.3. The van der Waals surface area contributed by atoms with Crippen molar-refractivity contribution in [3.05, 3.63) is 101 Å². The number of hydrogen-bond acceptors (Lipinski definition) is 6. The Morgan fingerprint density at radius 3 is 2.42 bits per heavy atom. The van der Waals surface area contributed by atoms with E-state index in [-0.39, 0.29) is 22.8 Å². The molecule has 7 nitrogen and oxygen atoms in total. The summed E-state index contributed by atoms with van der Waals surface area (Å²) in [7, 11) is 1.52. The molecule has 0 aromatic heterocycles. The van der Waals surface area contributed by atoms with Crippen molar-refractivity contribution in [2.45, 2.75) is 19.9 Å². The van der Waals surface area contributed by atoms with Crippen LogP contribution in [0.25, 0.3) is 16.5 Å². The third kappa shape index (κ3) is 4.22. The maximum absolute atomic E-state index is 13.5. The van der Waals surface area contributed by atoms with Gasteiger partial charge < -0.3 is 19.7 Å². The largest absolute Gasteiger partial charge is 0.507 e. The number of phenolic OH excluding ortho intramolecular Hbond substituents is 1. The van der Waals surface area contributed by atoms with E-state index in [1.54, 1.807) is 42.5 Å². The first-order chi connectivity index (χ1) is 18.3. The third-order valence-electron chi connectivity index (χ3n) is 6.66. The van der Waals surface area contributed by atoms with Crippen LogP contribution in [-0.2, 0) is 9.59 Å². The number of rotatable bonds is 6. The number of hydrogen-bond donors (Lipinski definition) is 2. The van der Waals surface area contributed by atoms with Gasteiger partial charge in [-0.05, 0) is 66.1 Å². The molecule has 5 rings (SSSR count). The number of aliphatic hydroxyl groups is 1. The SMILES string of the molecule is CCOc1cc(C2/C(=C(\O)c3ccc4ccccc4c3)C(=O)C(=O)N2c2cc(C)ccc2O)ccc1OC. The van der Waals surface area contributed by atoms with Crippen molar-refractivity contribution in [3.8, 4) is 17.2 Å². The number of Topliss-reactive ketones (excluding diaryl/α,β-unsaturated/α-hetero) is 1. The van der Waals surface area contributed by atoms with Crippen molar-refractivity contribution in [2.24, 2.45) is 0 Å². The van der Waals surface area contributed by atoms with E-state index in [9.17, 15) is 19.8 Å². The summed E-state index contributed by atoms with van der Waals surface area (Å²) in [5.41, 5.74) is 1.79. The van der Waals surface area contributed by atoms with Crippen LogP contribution in [0.15, 0.2) is 84.4 Å². The number of nitrogens with zero attached hydrogens (tertiary/aromatic N) is 1. The van der Waals surface area contributed by atoms with Crippen LogP contribution in [-0.4, -0.2) is 35.6 Å². The molecular weight excluding hydrogens is 482 g/mol. The average molecular weight is 510 g/mol. The van der Waals surface area contributed by atoms with Crippen molar-refractivity contribution in [3.63, 3.8) is 0 Å². The molecule has 1 saturated heterocycles. The predicted molar refractivity (Wildman–Crippen MR) is 146 cm³/mol. The van der Waals surface area contributed by atoms with Crippen molar-refractivity contribution in [1.82, 2.24) is 0 Å². The van der Waals surface area contributed by atoms with E-state index in [0.29, 0.717) is 29.2 Å². The number of ketones is 1. The van der Waals surface area contributed by atoms with E-state index in [0.717, 1.165) is 16.3 Å². The van der Waals surface area contributed by atoms with Gasteiger partial charge in [-0.1, -0.05) is 48.5 Å². The van der Waals surface area contributed by atoms with Gasteiger partial charge in [0.1, 0.15) is 11.5 Å². The highest BCUT2D eigenvalue weighted by Gasteiger charge is 2.48. The Kier molecular flexibility index (Phi) is 6.51. The topological polar surface area (TPSA) is 96.3 Å². The lowest BCUT2D eigenvalue weighted by molar-refractivity contribution is -0.132. The number of carbonyl (C=O) groups excluding carboxylic acids is 2. The van der Waals surface area contributed by atoms with Crippen LogP contribution in [0, 0.1) is 6.92 Å². The van der Waals surface area contributed by atoms with Crippen molar-refractivity contribution in [2.75, 3.05) is 18.6 Å². The molecule has 1 aliphatic rings. The summed E-state index contributed by atoms with van der Waals surface area (Å²) in [6.07, 6.45) is 0. The van der Waals surface area contributed by atoms with Crippen LogP contribution in [0.4, 0.5) is 5.69 Å². The maximum Gasteiger partial charge on any atom is 0.300 e. The number of phenols is 1. The van der Waals surface area contributed by atoms with E-state index in [1.807, 2.05) is 44.2 Å². The number of amides is 1. The molecule has 1 heterocycles. The Labute approximate surface area is 220 Å². The van der Waals surface area contributed by atoms with Crippen LogP contribution < -0.4 is 14.4 Å². The molecule has 0 spiro atoms. The Bertz CT molecular complexity index is 1610. The monoisotopic (exact) mass is 509 g/mol. The number of aromatic hydroxyl groups is 1. The van der Waals surface area contributed by atoms with Crippen LogP contribution >= 0.6 is 0 Å². The van der Waals surface area contributed by atoms with Crippen molar-refractivity contribution in [1.29, 1.82) is 0 Å². The highest BCUT2D eigenvalue weighted by atomic mass is 16.5. The summed E-state index contributed by atoms with van der Waals surface area (Å²) in [4.78, 5) is 28.3. The molecule has 1 atom stereocenters. The second-order valence-corrected chi connectivity index (χ2v) is 9.07. The van der Waals surface area contributed by atoms with Gasteiger partial charge in [0.25, 0.3) is 11.7 Å². The van der Waals surface area contributed by atoms with E-state index in [1.165, 1.54) is 18.1 Å². The number of ether oxygens (including phenoxy) is 2. The van der Waals surface area contributed by atoms with Gasteiger partial charge in [-0.15, -0.1) is 0 Å². The molecule has 1 aliphatic heterocycles. The normalized spacial score (nSPS) is 16.7. The number of methoxy groups -OCH3 is 1. The second-order valence-electron chi connectivity index (χ2n) is 9.07. The Balaban J connectivity index is 1.77. The van der Waals surface area contributed by atoms with Gasteiger partial charge >= 0.3 is 0 Å². The number of fused-ring (bicyclic) bond motifs is 1. The molecule has 192 valence electrons. The standard InChI is InChI=1S/C31H27NO6/c1-4-38-26-17-21(12-14-25(26)37-3)28-27(29(34)22-11-10-19-7-5-6-8-20(19)16-22)30(35)31(36)32(28)23-15-18(2)9-13-24(23)33/h5-17,28,33-34H,4H2,1-3H3/b29-27+. The summed E-state index contributed by atoms with van der Waals surface area (Å²) in [6.45, 7) is 4.03. The lowest BCUT2D eigenvalue weighted by Crippen LogP contribution is -2.29. The predicted octanol–water partition coefficient (Wildman–Crippen LogP) is 5.89. The van der Waals surface area contributed by atoms with Crippen LogP contribution in [0.3, 0.4) is 0 Å². The zero-order valence-corrected chi connectivity index (χ0v) is 21.3. The van der Waals surface area contributed by atoms with Gasteiger partial charge in [-0.25, -0.2) is 0 Å². The van der Waals surface area contributed by atoms with Gasteiger partial charge in [0.2, 0.25) is 0 Å². The highest BCUT2D eigenvalue weighted by Crippen LogP contribution is 2.46. The maximum atomic E-state index is 13.5.